The molecule has 1 heterocycles. The summed E-state index contributed by atoms with van der Waals surface area (Å²) in [5.41, 5.74) is 1.45. The lowest BCUT2D eigenvalue weighted by Crippen LogP contribution is -2.20. The molecule has 15 heavy (non-hydrogen) atoms. The predicted octanol–water partition coefficient (Wildman–Crippen LogP) is 1.28. The third-order valence-electron chi connectivity index (χ3n) is 2.33. The Morgan fingerprint density at radius 2 is 2.07 bits per heavy atom. The molecule has 0 saturated carbocycles. The summed E-state index contributed by atoms with van der Waals surface area (Å²) in [4.78, 5) is 22.8. The normalized spacial score (nSPS) is 17.0. The summed E-state index contributed by atoms with van der Waals surface area (Å²) in [6, 6.07) is 7.00. The highest BCUT2D eigenvalue weighted by Crippen LogP contribution is 2.34. The second kappa shape index (κ2) is 3.20. The maximum absolute atomic E-state index is 11.7. The van der Waals surface area contributed by atoms with E-state index in [9.17, 15) is 14.9 Å². The first-order valence-electron chi connectivity index (χ1n) is 4.34. The molecule has 5 nitrogen and oxygen atoms in total. The smallest absolute Gasteiger partial charge is 0.265 e. The number of anilines is 1. The molecule has 1 aliphatic rings. The maximum atomic E-state index is 11.7. The van der Waals surface area contributed by atoms with Crippen molar-refractivity contribution >= 4 is 17.2 Å². The number of carbonyl (C=O) groups excluding carboxylic acids is 1. The molecule has 0 aliphatic carbocycles. The molecule has 0 radical (unpaired) electrons. The standard InChI is InChI=1S/C10H8N2O3/c1-11-9-5-3-2-4-7(9)8(10(11)13)6-12(14)15/h2-6H,1H3/b8-6-. The zero-order valence-electron chi connectivity index (χ0n) is 8.01. The Bertz CT molecular complexity index is 479. The van der Waals surface area contributed by atoms with Crippen LogP contribution in [0, 0.1) is 10.1 Å². The van der Waals surface area contributed by atoms with E-state index < -0.39 is 4.92 Å². The summed E-state index contributed by atoms with van der Waals surface area (Å²) in [5, 5.41) is 10.4. The van der Waals surface area contributed by atoms with E-state index in [0.717, 1.165) is 6.20 Å². The van der Waals surface area contributed by atoms with Crippen LogP contribution in [0.15, 0.2) is 30.5 Å². The van der Waals surface area contributed by atoms with Gasteiger partial charge in [0.05, 0.1) is 10.6 Å². The van der Waals surface area contributed by atoms with Crippen LogP contribution in [0.5, 0.6) is 0 Å². The van der Waals surface area contributed by atoms with Gasteiger partial charge in [-0.25, -0.2) is 0 Å². The summed E-state index contributed by atoms with van der Waals surface area (Å²) in [5.74, 6) is -0.340. The van der Waals surface area contributed by atoms with Gasteiger partial charge in [-0.15, -0.1) is 0 Å². The summed E-state index contributed by atoms with van der Waals surface area (Å²) in [6.45, 7) is 0. The summed E-state index contributed by atoms with van der Waals surface area (Å²) in [7, 11) is 1.60. The molecule has 0 saturated heterocycles. The van der Waals surface area contributed by atoms with E-state index in [-0.39, 0.29) is 11.5 Å². The van der Waals surface area contributed by atoms with Gasteiger partial charge in [-0.3, -0.25) is 14.9 Å². The fourth-order valence-corrected chi connectivity index (χ4v) is 1.63. The highest BCUT2D eigenvalue weighted by Gasteiger charge is 2.31. The molecule has 0 unspecified atom stereocenters. The molecule has 0 fully saturated rings. The summed E-state index contributed by atoms with van der Waals surface area (Å²) in [6.07, 6.45) is 0.755. The molecule has 1 amide bonds. The molecule has 0 spiro atoms. The molecule has 1 aliphatic heterocycles. The van der Waals surface area contributed by atoms with Gasteiger partial charge in [-0.1, -0.05) is 18.2 Å². The number of amides is 1. The highest BCUT2D eigenvalue weighted by molar-refractivity contribution is 6.32. The lowest BCUT2D eigenvalue weighted by atomic mass is 10.1. The van der Waals surface area contributed by atoms with Gasteiger partial charge < -0.3 is 4.90 Å². The van der Waals surface area contributed by atoms with Crippen molar-refractivity contribution in [1.29, 1.82) is 0 Å². The minimum Gasteiger partial charge on any atom is -0.311 e. The molecule has 0 bridgehead atoms. The molecule has 0 N–H and O–H groups in total. The minimum atomic E-state index is -0.608. The molecule has 5 heteroatoms. The van der Waals surface area contributed by atoms with Crippen molar-refractivity contribution in [2.24, 2.45) is 0 Å². The SMILES string of the molecule is CN1C(=O)/C(=C\[N+](=O)[O-])c2ccccc21. The van der Waals surface area contributed by atoms with E-state index >= 15 is 0 Å². The monoisotopic (exact) mass is 204 g/mol. The Hall–Kier alpha value is -2.17. The number of para-hydroxylation sites is 1. The van der Waals surface area contributed by atoms with E-state index in [1.165, 1.54) is 4.90 Å². The Labute approximate surface area is 85.8 Å². The lowest BCUT2D eigenvalue weighted by Gasteiger charge is -2.07. The number of likely N-dealkylation sites (N-methyl/N-ethyl adjacent to an activating group) is 1. The third kappa shape index (κ3) is 1.38. The second-order valence-corrected chi connectivity index (χ2v) is 3.21. The number of hydrogen-bond donors (Lipinski definition) is 0. The van der Waals surface area contributed by atoms with E-state index in [1.807, 2.05) is 0 Å². The van der Waals surface area contributed by atoms with E-state index in [4.69, 9.17) is 0 Å². The average molecular weight is 204 g/mol. The van der Waals surface area contributed by atoms with E-state index in [2.05, 4.69) is 0 Å². The van der Waals surface area contributed by atoms with Crippen LogP contribution in [0.25, 0.3) is 5.57 Å². The zero-order chi connectivity index (χ0) is 11.0. The lowest BCUT2D eigenvalue weighted by molar-refractivity contribution is -0.401. The van der Waals surface area contributed by atoms with Crippen molar-refractivity contribution < 1.29 is 9.72 Å². The second-order valence-electron chi connectivity index (χ2n) is 3.21. The maximum Gasteiger partial charge on any atom is 0.265 e. The van der Waals surface area contributed by atoms with Crippen molar-refractivity contribution in [1.82, 2.24) is 0 Å². The van der Waals surface area contributed by atoms with Crippen molar-refractivity contribution in [3.05, 3.63) is 46.1 Å². The van der Waals surface area contributed by atoms with Gasteiger partial charge in [0, 0.05) is 12.6 Å². The van der Waals surface area contributed by atoms with Crippen LogP contribution in [-0.2, 0) is 4.79 Å². The van der Waals surface area contributed by atoms with Gasteiger partial charge in [-0.2, -0.15) is 0 Å². The summed E-state index contributed by atoms with van der Waals surface area (Å²) < 4.78 is 0. The molecular weight excluding hydrogens is 196 g/mol. The van der Waals surface area contributed by atoms with Crippen molar-refractivity contribution in [3.63, 3.8) is 0 Å². The van der Waals surface area contributed by atoms with E-state index in [0.29, 0.717) is 11.3 Å². The van der Waals surface area contributed by atoms with Crippen LogP contribution in [0.3, 0.4) is 0 Å². The fourth-order valence-electron chi connectivity index (χ4n) is 1.63. The Balaban J connectivity index is 2.61. The molecule has 76 valence electrons. The van der Waals surface area contributed by atoms with Crippen LogP contribution >= 0.6 is 0 Å². The van der Waals surface area contributed by atoms with Crippen LogP contribution in [0.4, 0.5) is 5.69 Å². The first kappa shape index (κ1) is 9.39. The number of nitrogens with zero attached hydrogens (tertiary/aromatic N) is 2. The number of fused-ring (bicyclic) bond motifs is 1. The van der Waals surface area contributed by atoms with Gasteiger partial charge >= 0.3 is 0 Å². The number of rotatable bonds is 1. The van der Waals surface area contributed by atoms with Gasteiger partial charge in [0.25, 0.3) is 5.91 Å². The van der Waals surface area contributed by atoms with Crippen LogP contribution in [0.2, 0.25) is 0 Å². The molecule has 2 rings (SSSR count). The molecule has 1 aromatic rings. The predicted molar refractivity (Wildman–Crippen MR) is 54.8 cm³/mol. The quantitative estimate of drug-likeness (QED) is 0.393. The Kier molecular flexibility index (Phi) is 2.00. The van der Waals surface area contributed by atoms with Gasteiger partial charge in [0.2, 0.25) is 6.20 Å². The topological polar surface area (TPSA) is 63.5 Å². The van der Waals surface area contributed by atoms with Crippen molar-refractivity contribution in [2.75, 3.05) is 11.9 Å². The average Bonchev–Trinajstić information content (AvgIpc) is 2.44. The first-order valence-corrected chi connectivity index (χ1v) is 4.34. The molecule has 1 aromatic carbocycles. The highest BCUT2D eigenvalue weighted by atomic mass is 16.6. The fraction of sp³-hybridized carbons (Fsp3) is 0.100. The summed E-state index contributed by atoms with van der Waals surface area (Å²) >= 11 is 0. The van der Waals surface area contributed by atoms with Crippen molar-refractivity contribution in [3.8, 4) is 0 Å². The van der Waals surface area contributed by atoms with Gasteiger partial charge in [-0.05, 0) is 6.07 Å². The number of hydrogen-bond acceptors (Lipinski definition) is 3. The number of carbonyl (C=O) groups is 1. The first-order chi connectivity index (χ1) is 7.11. The molecular formula is C10H8N2O3. The van der Waals surface area contributed by atoms with Crippen LogP contribution < -0.4 is 4.90 Å². The van der Waals surface area contributed by atoms with Crippen LogP contribution in [-0.4, -0.2) is 17.9 Å². The van der Waals surface area contributed by atoms with Gasteiger partial charge in [0.15, 0.2) is 0 Å². The van der Waals surface area contributed by atoms with Gasteiger partial charge in [0.1, 0.15) is 5.57 Å². The zero-order valence-corrected chi connectivity index (χ0v) is 8.01. The van der Waals surface area contributed by atoms with Crippen molar-refractivity contribution in [2.45, 2.75) is 0 Å². The number of nitro groups is 1. The Morgan fingerprint density at radius 1 is 1.40 bits per heavy atom. The van der Waals surface area contributed by atoms with E-state index in [1.54, 1.807) is 31.3 Å². The third-order valence-corrected chi connectivity index (χ3v) is 2.33. The molecule has 0 atom stereocenters. The minimum absolute atomic E-state index is 0.137. The number of benzene rings is 1. The Morgan fingerprint density at radius 3 is 2.73 bits per heavy atom. The van der Waals surface area contributed by atoms with Crippen LogP contribution in [0.1, 0.15) is 5.56 Å². The largest absolute Gasteiger partial charge is 0.311 e. The molecule has 0 aromatic heterocycles.